The van der Waals surface area contributed by atoms with E-state index in [0.29, 0.717) is 0 Å². The first kappa shape index (κ1) is 11.4. The van der Waals surface area contributed by atoms with Gasteiger partial charge in [-0.05, 0) is 12.1 Å². The van der Waals surface area contributed by atoms with E-state index in [1.807, 2.05) is 6.07 Å². The normalized spacial score (nSPS) is 12.3. The van der Waals surface area contributed by atoms with E-state index in [4.69, 9.17) is 0 Å². The number of aromatic nitrogens is 1. The van der Waals surface area contributed by atoms with E-state index < -0.39 is 0 Å². The maximum atomic E-state index is 4.65. The van der Waals surface area contributed by atoms with Crippen LogP contribution in [0.4, 0.5) is 0 Å². The van der Waals surface area contributed by atoms with Crippen molar-refractivity contribution in [3.8, 4) is 0 Å². The zero-order chi connectivity index (χ0) is 11.2. The molecule has 0 aliphatic rings. The highest BCUT2D eigenvalue weighted by Crippen LogP contribution is 2.35. The van der Waals surface area contributed by atoms with Crippen LogP contribution in [-0.2, 0) is 5.41 Å². The van der Waals surface area contributed by atoms with Crippen LogP contribution in [0.25, 0.3) is 10.2 Å². The van der Waals surface area contributed by atoms with Gasteiger partial charge in [0.1, 0.15) is 0 Å². The molecule has 1 aromatic carbocycles. The number of hydrogen-bond acceptors (Lipinski definition) is 3. The number of fused-ring (bicyclic) bond motifs is 1. The molecule has 0 bridgehead atoms. The Kier molecular flexibility index (Phi) is 2.86. The molecule has 0 saturated heterocycles. The minimum atomic E-state index is 0.108. The number of benzene rings is 1. The Bertz CT molecular complexity index is 511. The van der Waals surface area contributed by atoms with Crippen molar-refractivity contribution >= 4 is 50.1 Å². The Hall–Kier alpha value is -0.0600. The van der Waals surface area contributed by atoms with E-state index in [9.17, 15) is 0 Å². The highest BCUT2D eigenvalue weighted by molar-refractivity contribution is 9.10. The van der Waals surface area contributed by atoms with Crippen molar-refractivity contribution in [2.75, 3.05) is 0 Å². The van der Waals surface area contributed by atoms with Crippen molar-refractivity contribution in [3.05, 3.63) is 21.6 Å². The van der Waals surface area contributed by atoms with Gasteiger partial charge in [-0.3, -0.25) is 0 Å². The Balaban J connectivity index is 2.71. The van der Waals surface area contributed by atoms with Gasteiger partial charge in [0, 0.05) is 14.8 Å². The average molecular weight is 302 g/mol. The quantitative estimate of drug-likeness (QED) is 0.699. The molecule has 0 atom stereocenters. The molecular weight excluding hydrogens is 290 g/mol. The molecule has 4 heteroatoms. The zero-order valence-corrected chi connectivity index (χ0v) is 12.1. The van der Waals surface area contributed by atoms with Crippen molar-refractivity contribution in [1.29, 1.82) is 0 Å². The van der Waals surface area contributed by atoms with Crippen molar-refractivity contribution in [3.63, 3.8) is 0 Å². The van der Waals surface area contributed by atoms with Gasteiger partial charge in [-0.15, -0.1) is 24.0 Å². The maximum absolute atomic E-state index is 4.65. The van der Waals surface area contributed by atoms with Crippen LogP contribution in [0, 0.1) is 0 Å². The Morgan fingerprint density at radius 1 is 1.33 bits per heavy atom. The van der Waals surface area contributed by atoms with E-state index in [1.165, 1.54) is 4.70 Å². The third-order valence-corrected chi connectivity index (χ3v) is 4.31. The summed E-state index contributed by atoms with van der Waals surface area (Å²) in [5.41, 5.74) is 1.12. The molecule has 0 N–H and O–H groups in total. The Morgan fingerprint density at radius 3 is 2.60 bits per heavy atom. The Labute approximate surface area is 107 Å². The molecule has 2 rings (SSSR count). The number of thiol groups is 1. The predicted octanol–water partition coefficient (Wildman–Crippen LogP) is 4.65. The second-order valence-corrected chi connectivity index (χ2v) is 6.97. The molecule has 0 fully saturated rings. The molecule has 15 heavy (non-hydrogen) atoms. The lowest BCUT2D eigenvalue weighted by atomic mass is 9.98. The molecule has 80 valence electrons. The number of halogens is 1. The average Bonchev–Trinajstić information content (AvgIpc) is 2.46. The van der Waals surface area contributed by atoms with Crippen molar-refractivity contribution in [2.45, 2.75) is 31.1 Å². The lowest BCUT2D eigenvalue weighted by molar-refractivity contribution is 0.587. The standard InChI is InChI=1S/C11H12BrNS2/c1-11(2,3)10-13-9-7(14)4-6(12)5-8(9)15-10/h4-5,14H,1-3H3. The molecule has 1 heterocycles. The highest BCUT2D eigenvalue weighted by atomic mass is 79.9. The molecule has 2 aromatic rings. The summed E-state index contributed by atoms with van der Waals surface area (Å²) >= 11 is 9.66. The number of rotatable bonds is 0. The van der Waals surface area contributed by atoms with Crippen LogP contribution < -0.4 is 0 Å². The Morgan fingerprint density at radius 2 is 2.00 bits per heavy atom. The molecule has 1 aromatic heterocycles. The molecule has 0 amide bonds. The first-order valence-electron chi connectivity index (χ1n) is 4.67. The number of thiazole rings is 1. The van der Waals surface area contributed by atoms with Gasteiger partial charge >= 0.3 is 0 Å². The van der Waals surface area contributed by atoms with Gasteiger partial charge in [0.25, 0.3) is 0 Å². The summed E-state index contributed by atoms with van der Waals surface area (Å²) in [6.07, 6.45) is 0. The highest BCUT2D eigenvalue weighted by Gasteiger charge is 2.19. The van der Waals surface area contributed by atoms with Crippen LogP contribution in [0.5, 0.6) is 0 Å². The molecule has 0 unspecified atom stereocenters. The summed E-state index contributed by atoms with van der Waals surface area (Å²) < 4.78 is 2.25. The fourth-order valence-electron chi connectivity index (χ4n) is 1.30. The first-order valence-corrected chi connectivity index (χ1v) is 6.73. The number of hydrogen-bond donors (Lipinski definition) is 1. The summed E-state index contributed by atoms with van der Waals surface area (Å²) in [7, 11) is 0. The van der Waals surface area contributed by atoms with Gasteiger partial charge < -0.3 is 0 Å². The van der Waals surface area contributed by atoms with Crippen LogP contribution in [0.2, 0.25) is 0 Å². The van der Waals surface area contributed by atoms with Gasteiger partial charge in [-0.25, -0.2) is 4.98 Å². The van der Waals surface area contributed by atoms with E-state index in [1.54, 1.807) is 11.3 Å². The minimum Gasteiger partial charge on any atom is -0.239 e. The summed E-state index contributed by atoms with van der Waals surface area (Å²) in [4.78, 5) is 5.58. The first-order chi connectivity index (χ1) is 6.88. The van der Waals surface area contributed by atoms with Gasteiger partial charge in [-0.2, -0.15) is 0 Å². The van der Waals surface area contributed by atoms with Crippen LogP contribution in [0.3, 0.4) is 0 Å². The van der Waals surface area contributed by atoms with Crippen molar-refractivity contribution in [2.24, 2.45) is 0 Å². The second kappa shape index (κ2) is 3.75. The summed E-state index contributed by atoms with van der Waals surface area (Å²) in [6, 6.07) is 4.08. The maximum Gasteiger partial charge on any atom is 0.0992 e. The molecular formula is C11H12BrNS2. The van der Waals surface area contributed by atoms with E-state index >= 15 is 0 Å². The molecule has 0 aliphatic carbocycles. The van der Waals surface area contributed by atoms with E-state index in [2.05, 4.69) is 60.4 Å². The lowest BCUT2D eigenvalue weighted by Gasteiger charge is -2.13. The lowest BCUT2D eigenvalue weighted by Crippen LogP contribution is -2.09. The van der Waals surface area contributed by atoms with Gasteiger partial charge in [0.05, 0.1) is 15.2 Å². The topological polar surface area (TPSA) is 12.9 Å². The fraction of sp³-hybridized carbons (Fsp3) is 0.364. The molecule has 0 spiro atoms. The van der Waals surface area contributed by atoms with Gasteiger partial charge in [0.2, 0.25) is 0 Å². The van der Waals surface area contributed by atoms with Crippen LogP contribution in [0.1, 0.15) is 25.8 Å². The third-order valence-electron chi connectivity index (χ3n) is 2.08. The van der Waals surface area contributed by atoms with Crippen LogP contribution >= 0.6 is 39.9 Å². The predicted molar refractivity (Wildman–Crippen MR) is 73.3 cm³/mol. The summed E-state index contributed by atoms with van der Waals surface area (Å²) in [6.45, 7) is 6.54. The van der Waals surface area contributed by atoms with E-state index in [0.717, 1.165) is 19.9 Å². The molecule has 1 nitrogen and oxygen atoms in total. The van der Waals surface area contributed by atoms with Crippen LogP contribution in [-0.4, -0.2) is 4.98 Å². The molecule has 0 saturated carbocycles. The van der Waals surface area contributed by atoms with Crippen molar-refractivity contribution < 1.29 is 0 Å². The zero-order valence-electron chi connectivity index (χ0n) is 8.84. The fourth-order valence-corrected chi connectivity index (χ4v) is 3.56. The third kappa shape index (κ3) is 2.22. The second-order valence-electron chi connectivity index (χ2n) is 4.54. The summed E-state index contributed by atoms with van der Waals surface area (Å²) in [5.74, 6) is 0. The van der Waals surface area contributed by atoms with Gasteiger partial charge in [0.15, 0.2) is 0 Å². The van der Waals surface area contributed by atoms with E-state index in [-0.39, 0.29) is 5.41 Å². The smallest absolute Gasteiger partial charge is 0.0992 e. The number of nitrogens with zero attached hydrogens (tertiary/aromatic N) is 1. The largest absolute Gasteiger partial charge is 0.239 e. The summed E-state index contributed by atoms with van der Waals surface area (Å²) in [5, 5.41) is 1.16. The minimum absolute atomic E-state index is 0.108. The van der Waals surface area contributed by atoms with Gasteiger partial charge in [-0.1, -0.05) is 36.7 Å². The van der Waals surface area contributed by atoms with Crippen molar-refractivity contribution in [1.82, 2.24) is 4.98 Å². The molecule has 0 radical (unpaired) electrons. The molecule has 0 aliphatic heterocycles. The monoisotopic (exact) mass is 301 g/mol. The SMILES string of the molecule is CC(C)(C)c1nc2c(S)cc(Br)cc2s1. The van der Waals surface area contributed by atoms with Crippen LogP contribution in [0.15, 0.2) is 21.5 Å².